The Bertz CT molecular complexity index is 1030. The van der Waals surface area contributed by atoms with Crippen molar-refractivity contribution in [3.05, 3.63) is 70.0 Å². The molecule has 0 saturated heterocycles. The standard InChI is InChI=1S/C19H20BF2N3/c1-11-9-14(4)24-18(11)17(16-8-6-7-13(3)23-16)19-12(2)10-15(5)25(19)20(24,21)22/h6-10H,1-5H3. The fourth-order valence-electron chi connectivity index (χ4n) is 4.22. The van der Waals surface area contributed by atoms with E-state index >= 15 is 8.63 Å². The number of nitrogens with zero attached hydrogens (tertiary/aromatic N) is 3. The number of fused-ring (bicyclic) bond motifs is 2. The van der Waals surface area contributed by atoms with Gasteiger partial charge in [-0.3, -0.25) is 4.98 Å². The third kappa shape index (κ3) is 2.03. The zero-order valence-corrected chi connectivity index (χ0v) is 15.1. The molecule has 0 saturated carbocycles. The number of aryl methyl sites for hydroxylation is 3. The van der Waals surface area contributed by atoms with Gasteiger partial charge in [0.25, 0.3) is 0 Å². The van der Waals surface area contributed by atoms with Gasteiger partial charge < -0.3 is 17.6 Å². The van der Waals surface area contributed by atoms with Crippen LogP contribution in [0.2, 0.25) is 0 Å². The van der Waals surface area contributed by atoms with Gasteiger partial charge in [-0.25, -0.2) is 0 Å². The van der Waals surface area contributed by atoms with Crippen LogP contribution in [0.25, 0.3) is 5.57 Å². The lowest BCUT2D eigenvalue weighted by Gasteiger charge is -2.33. The van der Waals surface area contributed by atoms with E-state index in [2.05, 4.69) is 4.98 Å². The number of hydrogen-bond donors (Lipinski definition) is 0. The van der Waals surface area contributed by atoms with E-state index in [9.17, 15) is 0 Å². The predicted octanol–water partition coefficient (Wildman–Crippen LogP) is 4.24. The Morgan fingerprint density at radius 2 is 1.80 bits per heavy atom. The van der Waals surface area contributed by atoms with Crippen LogP contribution < -0.4 is 0 Å². The first-order chi connectivity index (χ1) is 11.7. The van der Waals surface area contributed by atoms with Crippen molar-refractivity contribution in [1.82, 2.24) is 9.46 Å². The zero-order valence-electron chi connectivity index (χ0n) is 15.1. The van der Waals surface area contributed by atoms with E-state index < -0.39 is 6.97 Å². The third-order valence-corrected chi connectivity index (χ3v) is 5.08. The van der Waals surface area contributed by atoms with Gasteiger partial charge in [0, 0.05) is 30.0 Å². The van der Waals surface area contributed by atoms with Gasteiger partial charge in [-0.1, -0.05) is 6.07 Å². The van der Waals surface area contributed by atoms with Crippen LogP contribution in [-0.2, 0) is 0 Å². The largest absolute Gasteiger partial charge is 0.737 e. The van der Waals surface area contributed by atoms with Crippen LogP contribution in [0.15, 0.2) is 41.6 Å². The highest BCUT2D eigenvalue weighted by atomic mass is 19.2. The van der Waals surface area contributed by atoms with Crippen molar-refractivity contribution in [2.75, 3.05) is 0 Å². The Morgan fingerprint density at radius 1 is 1.08 bits per heavy atom. The zero-order chi connectivity index (χ0) is 18.1. The quantitative estimate of drug-likeness (QED) is 0.712. The van der Waals surface area contributed by atoms with Gasteiger partial charge in [0.05, 0.1) is 11.3 Å². The maximum Gasteiger partial charge on any atom is 0.737 e. The molecule has 25 heavy (non-hydrogen) atoms. The van der Waals surface area contributed by atoms with Gasteiger partial charge in [-0.15, -0.1) is 0 Å². The number of halogens is 2. The molecule has 6 heteroatoms. The molecule has 3 nitrogen and oxygen atoms in total. The lowest BCUT2D eigenvalue weighted by atomic mass is 9.85. The smallest absolute Gasteiger partial charge is 0.393 e. The fraction of sp³-hybridized carbons (Fsp3) is 0.263. The van der Waals surface area contributed by atoms with Crippen LogP contribution in [0.5, 0.6) is 0 Å². The van der Waals surface area contributed by atoms with Crippen molar-refractivity contribution in [3.8, 4) is 0 Å². The predicted molar refractivity (Wildman–Crippen MR) is 97.0 cm³/mol. The van der Waals surface area contributed by atoms with Gasteiger partial charge in [-0.2, -0.15) is 0 Å². The highest BCUT2D eigenvalue weighted by molar-refractivity contribution is 6.58. The molecule has 0 N–H and O–H groups in total. The van der Waals surface area contributed by atoms with Gasteiger partial charge in [0.2, 0.25) is 0 Å². The molecule has 2 aliphatic rings. The number of allylic oxidation sites excluding steroid dienone is 2. The summed E-state index contributed by atoms with van der Waals surface area (Å²) in [6.45, 7) is 5.25. The summed E-state index contributed by atoms with van der Waals surface area (Å²) in [5, 5.41) is 0. The average molecular weight is 339 g/mol. The summed E-state index contributed by atoms with van der Waals surface area (Å²) in [4.78, 5) is 4.64. The second-order valence-electron chi connectivity index (χ2n) is 7.00. The molecule has 0 amide bonds. The third-order valence-electron chi connectivity index (χ3n) is 5.08. The molecule has 128 valence electrons. The molecular formula is C19H20BF2N3. The molecule has 0 radical (unpaired) electrons. The average Bonchev–Trinajstić information content (AvgIpc) is 2.97. The van der Waals surface area contributed by atoms with Crippen LogP contribution in [-0.4, -0.2) is 26.6 Å². The van der Waals surface area contributed by atoms with Crippen molar-refractivity contribution in [3.63, 3.8) is 0 Å². The molecule has 2 aliphatic heterocycles. The highest BCUT2D eigenvalue weighted by Crippen LogP contribution is 2.43. The molecule has 0 bridgehead atoms. The molecule has 0 fully saturated rings. The minimum atomic E-state index is -3.93. The van der Waals surface area contributed by atoms with Crippen LogP contribution in [0.3, 0.4) is 0 Å². The summed E-state index contributed by atoms with van der Waals surface area (Å²) in [5.74, 6) is 0. The number of pyridine rings is 1. The topological polar surface area (TPSA) is 20.8 Å². The lowest BCUT2D eigenvalue weighted by Crippen LogP contribution is -2.51. The van der Waals surface area contributed by atoms with Crippen LogP contribution in [0.1, 0.15) is 42.2 Å². The molecule has 2 aromatic heterocycles. The number of aromatic nitrogens is 2. The Balaban J connectivity index is 2.19. The van der Waals surface area contributed by atoms with Gasteiger partial charge in [-0.05, 0) is 57.2 Å². The molecule has 4 heterocycles. The van der Waals surface area contributed by atoms with E-state index in [-0.39, 0.29) is 0 Å². The molecule has 0 aromatic carbocycles. The van der Waals surface area contributed by atoms with Crippen molar-refractivity contribution in [1.29, 1.82) is 0 Å². The lowest BCUT2D eigenvalue weighted by molar-refractivity contribution is -0.363. The fourth-order valence-corrected chi connectivity index (χ4v) is 4.22. The summed E-state index contributed by atoms with van der Waals surface area (Å²) in [6, 6.07) is 7.57. The summed E-state index contributed by atoms with van der Waals surface area (Å²) < 4.78 is 33.3. The molecular weight excluding hydrogens is 319 g/mol. The minimum absolute atomic E-state index is 0.569. The molecule has 0 spiro atoms. The Labute approximate surface area is 146 Å². The van der Waals surface area contributed by atoms with Crippen molar-refractivity contribution in [2.24, 2.45) is 0 Å². The maximum atomic E-state index is 15.5. The number of rotatable bonds is 1. The summed E-state index contributed by atoms with van der Waals surface area (Å²) in [6.07, 6.45) is 1.83. The molecule has 0 atom stereocenters. The first-order valence-corrected chi connectivity index (χ1v) is 8.44. The molecule has 2 aromatic rings. The minimum Gasteiger partial charge on any atom is -0.393 e. The molecule has 0 aliphatic carbocycles. The number of hydrogen-bond acceptors (Lipinski definition) is 1. The highest BCUT2D eigenvalue weighted by Gasteiger charge is 2.55. The normalized spacial score (nSPS) is 18.4. The van der Waals surface area contributed by atoms with Crippen LogP contribution >= 0.6 is 0 Å². The van der Waals surface area contributed by atoms with E-state index in [4.69, 9.17) is 0 Å². The Morgan fingerprint density at radius 3 is 2.48 bits per heavy atom. The van der Waals surface area contributed by atoms with Crippen molar-refractivity contribution >= 4 is 18.3 Å². The first kappa shape index (κ1) is 16.0. The van der Waals surface area contributed by atoms with Gasteiger partial charge in [0.15, 0.2) is 5.70 Å². The van der Waals surface area contributed by atoms with E-state index in [1.165, 1.54) is 8.96 Å². The second-order valence-corrected chi connectivity index (χ2v) is 7.00. The van der Waals surface area contributed by atoms with Crippen molar-refractivity contribution in [2.45, 2.75) is 34.6 Å². The maximum absolute atomic E-state index is 15.5. The van der Waals surface area contributed by atoms with E-state index in [0.29, 0.717) is 22.8 Å². The SMILES string of the molecule is CC1=CC(C)=[N+]2C1=C(c1cccc(C)n1)c1c(C)cc(C)n1[B-]2(F)F. The van der Waals surface area contributed by atoms with E-state index in [0.717, 1.165) is 28.1 Å². The Hall–Kier alpha value is -2.50. The summed E-state index contributed by atoms with van der Waals surface area (Å²) >= 11 is 0. The van der Waals surface area contributed by atoms with Gasteiger partial charge >= 0.3 is 6.97 Å². The van der Waals surface area contributed by atoms with Crippen LogP contribution in [0.4, 0.5) is 8.63 Å². The summed E-state index contributed by atoms with van der Waals surface area (Å²) in [7, 11) is 0. The van der Waals surface area contributed by atoms with Crippen LogP contribution in [0, 0.1) is 20.8 Å². The Kier molecular flexibility index (Phi) is 3.20. The summed E-state index contributed by atoms with van der Waals surface area (Å²) in [5.41, 5.74) is 6.38. The first-order valence-electron chi connectivity index (χ1n) is 8.44. The van der Waals surface area contributed by atoms with E-state index in [1.807, 2.05) is 51.1 Å². The van der Waals surface area contributed by atoms with Crippen molar-refractivity contribution < 1.29 is 13.1 Å². The second kappa shape index (κ2) is 5.00. The van der Waals surface area contributed by atoms with E-state index in [1.54, 1.807) is 13.8 Å². The van der Waals surface area contributed by atoms with Gasteiger partial charge in [0.1, 0.15) is 5.71 Å². The molecule has 0 unspecified atom stereocenters. The molecule has 4 rings (SSSR count). The monoisotopic (exact) mass is 339 g/mol.